The molecule has 1 aromatic carbocycles. The number of guanidine groups is 1. The molecule has 1 aromatic rings. The van der Waals surface area contributed by atoms with Crippen LogP contribution in [0.5, 0.6) is 0 Å². The molecule has 0 atom stereocenters. The summed E-state index contributed by atoms with van der Waals surface area (Å²) in [4.78, 5) is 29.3. The van der Waals surface area contributed by atoms with Crippen molar-refractivity contribution in [2.75, 3.05) is 26.2 Å². The highest BCUT2D eigenvalue weighted by Crippen LogP contribution is 2.39. The second-order valence-corrected chi connectivity index (χ2v) is 6.69. The van der Waals surface area contributed by atoms with Gasteiger partial charge >= 0.3 is 6.18 Å². The van der Waals surface area contributed by atoms with E-state index in [2.05, 4.69) is 15.6 Å². The van der Waals surface area contributed by atoms with Crippen molar-refractivity contribution in [3.05, 3.63) is 34.9 Å². The Kier molecular flexibility index (Phi) is 5.38. The molecule has 2 heterocycles. The normalized spacial score (nSPS) is 18.1. The number of alkyl halides is 3. The number of aliphatic imine (C=N–C) groups is 1. The van der Waals surface area contributed by atoms with Crippen molar-refractivity contribution in [2.45, 2.75) is 31.9 Å². The number of benzene rings is 1. The van der Waals surface area contributed by atoms with Gasteiger partial charge in [-0.15, -0.1) is 0 Å². The van der Waals surface area contributed by atoms with Crippen LogP contribution in [0.3, 0.4) is 0 Å². The molecule has 2 aliphatic heterocycles. The number of piperidine rings is 1. The van der Waals surface area contributed by atoms with Crippen LogP contribution in [0, 0.1) is 0 Å². The molecule has 1 fully saturated rings. The Hall–Kier alpha value is -2.58. The summed E-state index contributed by atoms with van der Waals surface area (Å²) >= 11 is 0. The predicted molar refractivity (Wildman–Crippen MR) is 93.4 cm³/mol. The molecule has 0 radical (unpaired) electrons. The molecule has 0 spiro atoms. The van der Waals surface area contributed by atoms with Crippen LogP contribution in [0.25, 0.3) is 0 Å². The first kappa shape index (κ1) is 19.2. The van der Waals surface area contributed by atoms with E-state index in [0.717, 1.165) is 6.07 Å². The van der Waals surface area contributed by atoms with E-state index in [4.69, 9.17) is 0 Å². The lowest BCUT2D eigenvalue weighted by Crippen LogP contribution is -2.38. The average molecular weight is 382 g/mol. The van der Waals surface area contributed by atoms with Gasteiger partial charge in [-0.1, -0.05) is 6.07 Å². The first-order valence-corrected chi connectivity index (χ1v) is 8.82. The highest BCUT2D eigenvalue weighted by atomic mass is 19.4. The molecule has 0 unspecified atom stereocenters. The number of likely N-dealkylation sites (tertiary alicyclic amines) is 1. The van der Waals surface area contributed by atoms with Crippen molar-refractivity contribution in [2.24, 2.45) is 4.99 Å². The van der Waals surface area contributed by atoms with Crippen LogP contribution < -0.4 is 10.6 Å². The van der Waals surface area contributed by atoms with Crippen LogP contribution in [0.4, 0.5) is 13.2 Å². The van der Waals surface area contributed by atoms with Gasteiger partial charge in [0.2, 0.25) is 5.91 Å². The zero-order valence-electron chi connectivity index (χ0n) is 14.9. The van der Waals surface area contributed by atoms with E-state index in [1.54, 1.807) is 4.90 Å². The lowest BCUT2D eigenvalue weighted by Gasteiger charge is -2.32. The Bertz CT molecular complexity index is 768. The van der Waals surface area contributed by atoms with Crippen molar-refractivity contribution in [1.29, 1.82) is 0 Å². The van der Waals surface area contributed by atoms with E-state index >= 15 is 0 Å². The van der Waals surface area contributed by atoms with Crippen LogP contribution in [0.2, 0.25) is 0 Å². The van der Waals surface area contributed by atoms with Gasteiger partial charge in [-0.3, -0.25) is 19.9 Å². The third kappa shape index (κ3) is 4.40. The summed E-state index contributed by atoms with van der Waals surface area (Å²) in [6.45, 7) is 3.43. The van der Waals surface area contributed by atoms with Crippen LogP contribution in [0.15, 0.2) is 23.2 Å². The second kappa shape index (κ2) is 7.58. The number of hydrogen-bond acceptors (Lipinski definition) is 4. The number of carbonyl (C=O) groups excluding carboxylic acids is 2. The molecule has 2 amide bonds. The Morgan fingerprint density at radius 3 is 2.52 bits per heavy atom. The highest BCUT2D eigenvalue weighted by molar-refractivity contribution is 6.06. The van der Waals surface area contributed by atoms with Crippen molar-refractivity contribution in [1.82, 2.24) is 15.5 Å². The van der Waals surface area contributed by atoms with E-state index < -0.39 is 17.6 Å². The molecule has 2 aliphatic rings. The largest absolute Gasteiger partial charge is 0.416 e. The number of hydrogen-bond donors (Lipinski definition) is 2. The summed E-state index contributed by atoms with van der Waals surface area (Å²) in [6, 6.07) is 3.69. The molecule has 6 nitrogen and oxygen atoms in total. The zero-order chi connectivity index (χ0) is 19.6. The van der Waals surface area contributed by atoms with E-state index in [9.17, 15) is 22.8 Å². The van der Waals surface area contributed by atoms with Crippen molar-refractivity contribution < 1.29 is 22.8 Å². The summed E-state index contributed by atoms with van der Waals surface area (Å²) in [6.07, 6.45) is -3.63. The van der Waals surface area contributed by atoms with Crippen LogP contribution >= 0.6 is 0 Å². The first-order chi connectivity index (χ1) is 12.8. The van der Waals surface area contributed by atoms with E-state index in [1.807, 2.05) is 0 Å². The van der Waals surface area contributed by atoms with Crippen molar-refractivity contribution >= 4 is 17.8 Å². The molecule has 2 N–H and O–H groups in total. The van der Waals surface area contributed by atoms with Gasteiger partial charge in [0.25, 0.3) is 5.91 Å². The Labute approximate surface area is 154 Å². The molecule has 1 saturated heterocycles. The third-order valence-electron chi connectivity index (χ3n) is 4.91. The van der Waals surface area contributed by atoms with E-state index in [1.165, 1.54) is 19.1 Å². The summed E-state index contributed by atoms with van der Waals surface area (Å²) in [5.41, 5.74) is -0.681. The fraction of sp³-hybridized carbons (Fsp3) is 0.500. The van der Waals surface area contributed by atoms with Gasteiger partial charge in [0.15, 0.2) is 5.96 Å². The SMILES string of the molecule is CC(=O)N1CCC(c2ccc(C(=O)NC3=NCCN3)cc2C(F)(F)F)CC1. The maximum Gasteiger partial charge on any atom is 0.416 e. The lowest BCUT2D eigenvalue weighted by molar-refractivity contribution is -0.139. The van der Waals surface area contributed by atoms with Crippen molar-refractivity contribution in [3.63, 3.8) is 0 Å². The third-order valence-corrected chi connectivity index (χ3v) is 4.91. The van der Waals surface area contributed by atoms with E-state index in [0.29, 0.717) is 39.0 Å². The fourth-order valence-corrected chi connectivity index (χ4v) is 3.47. The average Bonchev–Trinajstić information content (AvgIpc) is 3.13. The molecule has 9 heteroatoms. The molecule has 27 heavy (non-hydrogen) atoms. The quantitative estimate of drug-likeness (QED) is 0.823. The molecular formula is C18H21F3N4O2. The summed E-state index contributed by atoms with van der Waals surface area (Å²) in [5, 5.41) is 5.32. The minimum Gasteiger partial charge on any atom is -0.354 e. The summed E-state index contributed by atoms with van der Waals surface area (Å²) in [5.74, 6) is -0.726. The van der Waals surface area contributed by atoms with Crippen LogP contribution in [0.1, 0.15) is 47.2 Å². The van der Waals surface area contributed by atoms with Gasteiger partial charge < -0.3 is 10.2 Å². The van der Waals surface area contributed by atoms with Gasteiger partial charge in [0.05, 0.1) is 12.1 Å². The number of nitrogens with one attached hydrogen (secondary N) is 2. The first-order valence-electron chi connectivity index (χ1n) is 8.82. The second-order valence-electron chi connectivity index (χ2n) is 6.69. The van der Waals surface area contributed by atoms with Gasteiger partial charge in [-0.25, -0.2) is 0 Å². The number of halogens is 3. The number of carbonyl (C=O) groups is 2. The standard InChI is InChI=1S/C18H21F3N4O2/c1-11(26)25-8-4-12(5-9-25)14-3-2-13(10-15(14)18(19,20)21)16(27)24-17-22-6-7-23-17/h2-3,10,12H,4-9H2,1H3,(H2,22,23,24,27). The van der Waals surface area contributed by atoms with Gasteiger partial charge in [0.1, 0.15) is 0 Å². The van der Waals surface area contributed by atoms with Gasteiger partial charge in [-0.05, 0) is 36.5 Å². The lowest BCUT2D eigenvalue weighted by atomic mass is 9.85. The minimum absolute atomic E-state index is 0.0661. The maximum atomic E-state index is 13.6. The molecule has 146 valence electrons. The summed E-state index contributed by atoms with van der Waals surface area (Å²) in [7, 11) is 0. The molecule has 3 rings (SSSR count). The van der Waals surface area contributed by atoms with E-state index in [-0.39, 0.29) is 28.9 Å². The Morgan fingerprint density at radius 1 is 1.26 bits per heavy atom. The Balaban J connectivity index is 1.82. The highest BCUT2D eigenvalue weighted by Gasteiger charge is 2.37. The molecule has 0 saturated carbocycles. The topological polar surface area (TPSA) is 73.8 Å². The summed E-state index contributed by atoms with van der Waals surface area (Å²) < 4.78 is 40.9. The zero-order valence-corrected chi connectivity index (χ0v) is 14.9. The smallest absolute Gasteiger partial charge is 0.354 e. The van der Waals surface area contributed by atoms with Crippen molar-refractivity contribution in [3.8, 4) is 0 Å². The molecular weight excluding hydrogens is 361 g/mol. The Morgan fingerprint density at radius 2 is 1.96 bits per heavy atom. The maximum absolute atomic E-state index is 13.6. The monoisotopic (exact) mass is 382 g/mol. The van der Waals surface area contributed by atoms with Gasteiger partial charge in [-0.2, -0.15) is 13.2 Å². The predicted octanol–water partition coefficient (Wildman–Crippen LogP) is 2.12. The minimum atomic E-state index is -4.56. The number of amides is 2. The van der Waals surface area contributed by atoms with Crippen LogP contribution in [-0.4, -0.2) is 48.9 Å². The number of nitrogens with zero attached hydrogens (tertiary/aromatic N) is 2. The number of rotatable bonds is 2. The molecule has 0 bridgehead atoms. The molecule has 0 aromatic heterocycles. The molecule has 0 aliphatic carbocycles. The van der Waals surface area contributed by atoms with Crippen LogP contribution in [-0.2, 0) is 11.0 Å². The van der Waals surface area contributed by atoms with Gasteiger partial charge in [0, 0.05) is 32.1 Å². The fourth-order valence-electron chi connectivity index (χ4n) is 3.47.